The fourth-order valence-corrected chi connectivity index (χ4v) is 1.28. The molecule has 1 fully saturated rings. The van der Waals surface area contributed by atoms with Crippen LogP contribution >= 0.6 is 0 Å². The molecule has 0 aromatic heterocycles. The lowest BCUT2D eigenvalue weighted by Crippen LogP contribution is -2.59. The molecule has 6 heteroatoms. The van der Waals surface area contributed by atoms with Crippen LogP contribution in [0.1, 0.15) is 0 Å². The second-order valence-corrected chi connectivity index (χ2v) is 3.12. The van der Waals surface area contributed by atoms with Crippen molar-refractivity contribution in [3.8, 4) is 0 Å². The van der Waals surface area contributed by atoms with Crippen LogP contribution in [0, 0.1) is 0 Å². The van der Waals surface area contributed by atoms with Crippen LogP contribution < -0.4 is 5.32 Å². The van der Waals surface area contributed by atoms with Crippen LogP contribution in [0.15, 0.2) is 0 Å². The van der Waals surface area contributed by atoms with Crippen LogP contribution in [0.5, 0.6) is 0 Å². The van der Waals surface area contributed by atoms with Gasteiger partial charge in [0.05, 0.1) is 13.2 Å². The lowest BCUT2D eigenvalue weighted by Gasteiger charge is -2.38. The van der Waals surface area contributed by atoms with Crippen LogP contribution in [0.2, 0.25) is 0 Å². The fraction of sp³-hybridized carbons (Fsp3) is 1.00. The Morgan fingerprint density at radius 1 is 1.38 bits per heavy atom. The molecule has 0 bridgehead atoms. The summed E-state index contributed by atoms with van der Waals surface area (Å²) < 4.78 is 36.0. The SMILES string of the molecule is OCCN(CC(F)(F)F)C1CNC1. The molecule has 0 unspecified atom stereocenters. The average molecular weight is 198 g/mol. The number of hydrogen-bond acceptors (Lipinski definition) is 3. The Labute approximate surface area is 74.5 Å². The number of alkyl halides is 3. The van der Waals surface area contributed by atoms with E-state index < -0.39 is 12.7 Å². The summed E-state index contributed by atoms with van der Waals surface area (Å²) in [4.78, 5) is 1.26. The van der Waals surface area contributed by atoms with Crippen LogP contribution in [0.3, 0.4) is 0 Å². The van der Waals surface area contributed by atoms with Gasteiger partial charge in [-0.3, -0.25) is 4.90 Å². The van der Waals surface area contributed by atoms with Crippen molar-refractivity contribution in [2.75, 3.05) is 32.8 Å². The predicted octanol–water partition coefficient (Wildman–Crippen LogP) is -0.185. The van der Waals surface area contributed by atoms with Crippen molar-refractivity contribution in [2.24, 2.45) is 0 Å². The van der Waals surface area contributed by atoms with Crippen molar-refractivity contribution >= 4 is 0 Å². The maximum Gasteiger partial charge on any atom is 0.401 e. The largest absolute Gasteiger partial charge is 0.401 e. The summed E-state index contributed by atoms with van der Waals surface area (Å²) >= 11 is 0. The molecule has 1 aliphatic rings. The first-order valence-corrected chi connectivity index (χ1v) is 4.15. The fourth-order valence-electron chi connectivity index (χ4n) is 1.28. The van der Waals surface area contributed by atoms with Gasteiger partial charge in [-0.2, -0.15) is 13.2 Å². The summed E-state index contributed by atoms with van der Waals surface area (Å²) in [6, 6.07) is -0.0752. The number of aliphatic hydroxyl groups is 1. The lowest BCUT2D eigenvalue weighted by atomic mass is 10.1. The lowest BCUT2D eigenvalue weighted by molar-refractivity contribution is -0.153. The highest BCUT2D eigenvalue weighted by Crippen LogP contribution is 2.18. The van der Waals surface area contributed by atoms with Gasteiger partial charge in [0.2, 0.25) is 0 Å². The minimum atomic E-state index is -4.18. The number of halogens is 3. The third-order valence-electron chi connectivity index (χ3n) is 2.05. The standard InChI is InChI=1S/C7H13F3N2O/c8-7(9,10)5-12(1-2-13)6-3-11-4-6/h6,11,13H,1-5H2. The zero-order valence-corrected chi connectivity index (χ0v) is 7.14. The molecule has 0 aromatic rings. The number of rotatable bonds is 4. The molecule has 0 atom stereocenters. The minimum absolute atomic E-state index is 0.0752. The van der Waals surface area contributed by atoms with Crippen LogP contribution in [-0.2, 0) is 0 Å². The predicted molar refractivity (Wildman–Crippen MR) is 41.4 cm³/mol. The van der Waals surface area contributed by atoms with E-state index in [4.69, 9.17) is 5.11 Å². The highest BCUT2D eigenvalue weighted by Gasteiger charge is 2.35. The highest BCUT2D eigenvalue weighted by molar-refractivity contribution is 4.85. The van der Waals surface area contributed by atoms with Crippen molar-refractivity contribution in [1.29, 1.82) is 0 Å². The van der Waals surface area contributed by atoms with Crippen LogP contribution in [0.4, 0.5) is 13.2 Å². The molecule has 78 valence electrons. The van der Waals surface area contributed by atoms with E-state index in [-0.39, 0.29) is 19.2 Å². The van der Waals surface area contributed by atoms with Gasteiger partial charge in [-0.05, 0) is 0 Å². The van der Waals surface area contributed by atoms with Gasteiger partial charge in [0.25, 0.3) is 0 Å². The van der Waals surface area contributed by atoms with Gasteiger partial charge >= 0.3 is 6.18 Å². The van der Waals surface area contributed by atoms with Gasteiger partial charge < -0.3 is 10.4 Å². The quantitative estimate of drug-likeness (QED) is 0.657. The smallest absolute Gasteiger partial charge is 0.395 e. The van der Waals surface area contributed by atoms with Gasteiger partial charge in [0.15, 0.2) is 0 Å². The summed E-state index contributed by atoms with van der Waals surface area (Å²) in [6.07, 6.45) is -4.18. The summed E-state index contributed by atoms with van der Waals surface area (Å²) in [5, 5.41) is 11.5. The van der Waals surface area contributed by atoms with Crippen LogP contribution in [0.25, 0.3) is 0 Å². The van der Waals surface area contributed by atoms with Crippen LogP contribution in [-0.4, -0.2) is 55.0 Å². The van der Waals surface area contributed by atoms with E-state index in [1.165, 1.54) is 4.90 Å². The number of hydrogen-bond donors (Lipinski definition) is 2. The van der Waals surface area contributed by atoms with Crippen molar-refractivity contribution in [3.05, 3.63) is 0 Å². The third kappa shape index (κ3) is 3.50. The first-order valence-electron chi connectivity index (χ1n) is 4.15. The molecule has 0 aromatic carbocycles. The van der Waals surface area contributed by atoms with Crippen molar-refractivity contribution in [1.82, 2.24) is 10.2 Å². The molecule has 3 nitrogen and oxygen atoms in total. The summed E-state index contributed by atoms with van der Waals surface area (Å²) in [7, 11) is 0. The zero-order chi connectivity index (χ0) is 9.90. The summed E-state index contributed by atoms with van der Waals surface area (Å²) in [6.45, 7) is 0.0878. The average Bonchev–Trinajstić information content (AvgIpc) is 1.79. The van der Waals surface area contributed by atoms with E-state index in [0.29, 0.717) is 13.1 Å². The molecule has 13 heavy (non-hydrogen) atoms. The zero-order valence-electron chi connectivity index (χ0n) is 7.14. The Hall–Kier alpha value is -0.330. The molecule has 0 saturated carbocycles. The topological polar surface area (TPSA) is 35.5 Å². The number of nitrogens with zero attached hydrogens (tertiary/aromatic N) is 1. The Morgan fingerprint density at radius 2 is 2.00 bits per heavy atom. The van der Waals surface area contributed by atoms with E-state index in [0.717, 1.165) is 0 Å². The second kappa shape index (κ2) is 4.26. The summed E-state index contributed by atoms with van der Waals surface area (Å²) in [5.74, 6) is 0. The maximum absolute atomic E-state index is 12.0. The van der Waals surface area contributed by atoms with E-state index in [9.17, 15) is 13.2 Å². The van der Waals surface area contributed by atoms with Gasteiger partial charge in [0, 0.05) is 25.7 Å². The maximum atomic E-state index is 12.0. The molecular weight excluding hydrogens is 185 g/mol. The van der Waals surface area contributed by atoms with Gasteiger partial charge in [0.1, 0.15) is 0 Å². The molecule has 0 amide bonds. The van der Waals surface area contributed by atoms with E-state index in [1.807, 2.05) is 0 Å². The Balaban J connectivity index is 2.37. The van der Waals surface area contributed by atoms with E-state index >= 15 is 0 Å². The molecule has 2 N–H and O–H groups in total. The second-order valence-electron chi connectivity index (χ2n) is 3.12. The van der Waals surface area contributed by atoms with Crippen molar-refractivity contribution in [2.45, 2.75) is 12.2 Å². The molecule has 1 heterocycles. The Bertz CT molecular complexity index is 158. The van der Waals surface area contributed by atoms with Gasteiger partial charge in [-0.25, -0.2) is 0 Å². The van der Waals surface area contributed by atoms with Crippen molar-refractivity contribution in [3.63, 3.8) is 0 Å². The molecule has 0 radical (unpaired) electrons. The molecule has 1 rings (SSSR count). The van der Waals surface area contributed by atoms with E-state index in [2.05, 4.69) is 5.32 Å². The number of nitrogens with one attached hydrogen (secondary N) is 1. The Kier molecular flexibility index (Phi) is 3.52. The molecule has 0 aliphatic carbocycles. The minimum Gasteiger partial charge on any atom is -0.395 e. The molecule has 1 aliphatic heterocycles. The van der Waals surface area contributed by atoms with Crippen molar-refractivity contribution < 1.29 is 18.3 Å². The third-order valence-corrected chi connectivity index (χ3v) is 2.05. The molecular formula is C7H13F3N2O. The van der Waals surface area contributed by atoms with E-state index in [1.54, 1.807) is 0 Å². The van der Waals surface area contributed by atoms with Gasteiger partial charge in [-0.1, -0.05) is 0 Å². The Morgan fingerprint density at radius 3 is 2.31 bits per heavy atom. The number of aliphatic hydroxyl groups excluding tert-OH is 1. The van der Waals surface area contributed by atoms with Gasteiger partial charge in [-0.15, -0.1) is 0 Å². The molecule has 1 saturated heterocycles. The molecule has 0 spiro atoms. The summed E-state index contributed by atoms with van der Waals surface area (Å²) in [5.41, 5.74) is 0. The first kappa shape index (κ1) is 10.7. The first-order chi connectivity index (χ1) is 6.03. The monoisotopic (exact) mass is 198 g/mol. The normalized spacial score (nSPS) is 19.2. The highest BCUT2D eigenvalue weighted by atomic mass is 19.4.